The number of unbranched alkanes of at least 4 members (excludes halogenated alkanes) is 12. The highest BCUT2D eigenvalue weighted by Gasteiger charge is 2.47. The van der Waals surface area contributed by atoms with Crippen molar-refractivity contribution in [2.24, 2.45) is 0 Å². The van der Waals surface area contributed by atoms with Gasteiger partial charge in [0.25, 0.3) is 0 Å². The number of aliphatic hydroxyl groups excluding tert-OH is 5. The zero-order chi connectivity index (χ0) is 54.7. The van der Waals surface area contributed by atoms with Gasteiger partial charge in [-0.15, -0.1) is 0 Å². The summed E-state index contributed by atoms with van der Waals surface area (Å²) in [6.07, 6.45) is 60.8. The van der Waals surface area contributed by atoms with Gasteiger partial charge in [0.2, 0.25) is 5.91 Å². The second-order valence-electron chi connectivity index (χ2n) is 19.3. The van der Waals surface area contributed by atoms with Crippen molar-refractivity contribution >= 4 is 11.9 Å². The summed E-state index contributed by atoms with van der Waals surface area (Å²) in [5, 5.41) is 56.7. The Morgan fingerprint density at radius 3 is 1.47 bits per heavy atom. The fourth-order valence-corrected chi connectivity index (χ4v) is 7.96. The Kier molecular flexibility index (Phi) is 46.4. The molecule has 1 aliphatic heterocycles. The number of rotatable bonds is 46. The first kappa shape index (κ1) is 68.8. The van der Waals surface area contributed by atoms with Crippen LogP contribution in [0.25, 0.3) is 0 Å². The van der Waals surface area contributed by atoms with E-state index in [1.54, 1.807) is 6.08 Å². The molecule has 424 valence electrons. The lowest BCUT2D eigenvalue weighted by Gasteiger charge is -2.41. The Labute approximate surface area is 454 Å². The van der Waals surface area contributed by atoms with Gasteiger partial charge < -0.3 is 45.1 Å². The Bertz CT molecular complexity index is 1720. The second kappa shape index (κ2) is 50.6. The molecule has 1 fully saturated rings. The van der Waals surface area contributed by atoms with Gasteiger partial charge in [-0.25, -0.2) is 0 Å². The average Bonchev–Trinajstić information content (AvgIpc) is 3.41. The van der Waals surface area contributed by atoms with Crippen LogP contribution in [0.4, 0.5) is 0 Å². The van der Waals surface area contributed by atoms with Gasteiger partial charge in [0.15, 0.2) is 12.4 Å². The predicted molar refractivity (Wildman–Crippen MR) is 310 cm³/mol. The molecule has 11 heteroatoms. The highest BCUT2D eigenvalue weighted by Crippen LogP contribution is 2.26. The molecule has 1 rings (SSSR count). The van der Waals surface area contributed by atoms with Crippen LogP contribution in [0, 0.1) is 0 Å². The third-order valence-corrected chi connectivity index (χ3v) is 12.6. The van der Waals surface area contributed by atoms with Gasteiger partial charge in [-0.3, -0.25) is 9.59 Å². The second-order valence-corrected chi connectivity index (χ2v) is 19.3. The summed E-state index contributed by atoms with van der Waals surface area (Å²) >= 11 is 0. The molecule has 0 bridgehead atoms. The molecule has 75 heavy (non-hydrogen) atoms. The minimum atomic E-state index is -1.66. The number of amides is 1. The number of esters is 1. The molecule has 8 unspecified atom stereocenters. The Morgan fingerprint density at radius 1 is 0.533 bits per heavy atom. The normalized spacial score (nSPS) is 20.2. The van der Waals surface area contributed by atoms with Gasteiger partial charge in [-0.1, -0.05) is 219 Å². The van der Waals surface area contributed by atoms with Crippen molar-refractivity contribution in [2.45, 2.75) is 243 Å². The third-order valence-electron chi connectivity index (χ3n) is 12.6. The fourth-order valence-electron chi connectivity index (χ4n) is 7.96. The zero-order valence-electron chi connectivity index (χ0n) is 46.6. The SMILES string of the molecule is CC/C=C\C/C=C\C/C=C\C/C=C\C/C=C\C/C=C\CCC(=O)OC1C(OCC(NC(=O)C(O)CC/C=C\C/C=C\C/C=C\C/C=C\CCCCC)C(O)/C=C/CCCCCCCCCCC)OC(CO)C(O)C1O. The molecular weight excluding hydrogens is 943 g/mol. The van der Waals surface area contributed by atoms with E-state index in [0.29, 0.717) is 19.3 Å². The minimum absolute atomic E-state index is 0.0161. The van der Waals surface area contributed by atoms with Gasteiger partial charge >= 0.3 is 5.97 Å². The molecule has 0 spiro atoms. The molecule has 1 aliphatic rings. The zero-order valence-corrected chi connectivity index (χ0v) is 46.6. The summed E-state index contributed by atoms with van der Waals surface area (Å²) in [5.41, 5.74) is 0. The molecule has 1 saturated heterocycles. The smallest absolute Gasteiger partial charge is 0.306 e. The molecule has 0 aliphatic carbocycles. The van der Waals surface area contributed by atoms with Crippen LogP contribution in [0.3, 0.4) is 0 Å². The number of nitrogens with one attached hydrogen (secondary N) is 1. The minimum Gasteiger partial charge on any atom is -0.454 e. The van der Waals surface area contributed by atoms with Gasteiger partial charge in [-0.05, 0) is 103 Å². The maximum atomic E-state index is 13.3. The molecular formula is C64H103NO10. The Hall–Kier alpha value is -4.20. The summed E-state index contributed by atoms with van der Waals surface area (Å²) in [6.45, 7) is 5.53. The standard InChI is InChI=1S/C64H103NO10/c1-4-7-10-13-16-19-22-24-26-28-29-30-32-34-37-40-43-46-49-52-59(69)75-62-61(71)60(70)58(53-66)74-64(62)73-54-55(56(67)50-47-44-41-38-35-21-18-15-12-9-6-3)65-63(72)57(68)51-48-45-42-39-36-33-31-27-25-23-20-17-14-11-8-5-2/h7,10,16-17,19-20,24-27,29-30,33-34,36-37,42-43,45-47,50,55-58,60-62,64,66-68,70-71H,4-6,8-9,11-15,18,21-23,28,31-32,35,38-41,44,48-49,51-54H2,1-3H3,(H,65,72)/b10-7-,19-16-,20-17-,26-24-,27-25-,30-29-,36-33-,37-34-,45-42-,46-43-,50-47+. The first-order valence-electron chi connectivity index (χ1n) is 29.0. The lowest BCUT2D eigenvalue weighted by Crippen LogP contribution is -2.61. The summed E-state index contributed by atoms with van der Waals surface area (Å²) < 4.78 is 17.5. The molecule has 0 aromatic rings. The van der Waals surface area contributed by atoms with E-state index in [9.17, 15) is 35.1 Å². The number of aliphatic hydroxyl groups is 5. The number of carbonyl (C=O) groups excluding carboxylic acids is 2. The van der Waals surface area contributed by atoms with E-state index < -0.39 is 67.4 Å². The summed E-state index contributed by atoms with van der Waals surface area (Å²) in [6, 6.07) is -1.08. The van der Waals surface area contributed by atoms with Crippen molar-refractivity contribution in [2.75, 3.05) is 13.2 Å². The lowest BCUT2D eigenvalue weighted by molar-refractivity contribution is -0.305. The number of hydrogen-bond donors (Lipinski definition) is 6. The van der Waals surface area contributed by atoms with Gasteiger partial charge in [0.1, 0.15) is 24.4 Å². The third kappa shape index (κ3) is 38.9. The van der Waals surface area contributed by atoms with Crippen molar-refractivity contribution in [3.05, 3.63) is 134 Å². The molecule has 0 radical (unpaired) electrons. The molecule has 0 saturated carbocycles. The van der Waals surface area contributed by atoms with Crippen molar-refractivity contribution in [3.63, 3.8) is 0 Å². The quantitative estimate of drug-likeness (QED) is 0.0196. The molecule has 1 amide bonds. The summed E-state index contributed by atoms with van der Waals surface area (Å²) in [5.74, 6) is -1.36. The van der Waals surface area contributed by atoms with E-state index in [0.717, 1.165) is 83.5 Å². The topological polar surface area (TPSA) is 175 Å². The van der Waals surface area contributed by atoms with Crippen LogP contribution in [-0.4, -0.2) is 99.6 Å². The highest BCUT2D eigenvalue weighted by atomic mass is 16.7. The van der Waals surface area contributed by atoms with E-state index in [1.807, 2.05) is 30.4 Å². The molecule has 11 nitrogen and oxygen atoms in total. The van der Waals surface area contributed by atoms with E-state index in [-0.39, 0.29) is 19.4 Å². The molecule has 0 aromatic heterocycles. The highest BCUT2D eigenvalue weighted by molar-refractivity contribution is 5.80. The van der Waals surface area contributed by atoms with Crippen LogP contribution < -0.4 is 5.32 Å². The van der Waals surface area contributed by atoms with Crippen LogP contribution in [0.2, 0.25) is 0 Å². The van der Waals surface area contributed by atoms with E-state index >= 15 is 0 Å². The number of allylic oxidation sites excluding steroid dienone is 21. The van der Waals surface area contributed by atoms with E-state index in [2.05, 4.69) is 123 Å². The monoisotopic (exact) mass is 1050 g/mol. The van der Waals surface area contributed by atoms with Gasteiger partial charge in [0, 0.05) is 6.42 Å². The number of carbonyl (C=O) groups is 2. The van der Waals surface area contributed by atoms with Crippen LogP contribution in [0.5, 0.6) is 0 Å². The maximum absolute atomic E-state index is 13.3. The predicted octanol–water partition coefficient (Wildman–Crippen LogP) is 13.3. The van der Waals surface area contributed by atoms with Crippen molar-refractivity contribution in [1.29, 1.82) is 0 Å². The summed E-state index contributed by atoms with van der Waals surface area (Å²) in [4.78, 5) is 26.4. The molecule has 8 atom stereocenters. The molecule has 1 heterocycles. The Morgan fingerprint density at radius 2 is 0.960 bits per heavy atom. The van der Waals surface area contributed by atoms with Gasteiger partial charge in [-0.2, -0.15) is 0 Å². The van der Waals surface area contributed by atoms with Crippen LogP contribution in [0.1, 0.15) is 194 Å². The summed E-state index contributed by atoms with van der Waals surface area (Å²) in [7, 11) is 0. The maximum Gasteiger partial charge on any atom is 0.306 e. The van der Waals surface area contributed by atoms with Gasteiger partial charge in [0.05, 0.1) is 25.4 Å². The number of ether oxygens (including phenoxy) is 3. The van der Waals surface area contributed by atoms with E-state index in [4.69, 9.17) is 14.2 Å². The van der Waals surface area contributed by atoms with Crippen LogP contribution >= 0.6 is 0 Å². The Balaban J connectivity index is 2.81. The average molecular weight is 1050 g/mol. The van der Waals surface area contributed by atoms with Crippen molar-refractivity contribution in [3.8, 4) is 0 Å². The fraction of sp³-hybridized carbons (Fsp3) is 0.625. The first-order chi connectivity index (χ1) is 36.7. The largest absolute Gasteiger partial charge is 0.454 e. The number of hydrogen-bond acceptors (Lipinski definition) is 10. The molecule has 6 N–H and O–H groups in total. The first-order valence-corrected chi connectivity index (χ1v) is 29.0. The van der Waals surface area contributed by atoms with Crippen molar-refractivity contribution in [1.82, 2.24) is 5.32 Å². The van der Waals surface area contributed by atoms with E-state index in [1.165, 1.54) is 57.8 Å². The van der Waals surface area contributed by atoms with Crippen LogP contribution in [-0.2, 0) is 23.8 Å². The van der Waals surface area contributed by atoms with Crippen molar-refractivity contribution < 1.29 is 49.3 Å². The van der Waals surface area contributed by atoms with Crippen LogP contribution in [0.15, 0.2) is 134 Å². The molecule has 0 aromatic carbocycles. The lowest BCUT2D eigenvalue weighted by atomic mass is 9.99.